The highest BCUT2D eigenvalue weighted by Crippen LogP contribution is 2.12. The summed E-state index contributed by atoms with van der Waals surface area (Å²) >= 11 is 0. The number of hydrogen-bond acceptors (Lipinski definition) is 2. The van der Waals surface area contributed by atoms with Crippen molar-refractivity contribution in [3.8, 4) is 0 Å². The molecular weight excluding hydrogens is 200 g/mol. The predicted octanol–water partition coefficient (Wildman–Crippen LogP) is 2.60. The molecule has 3 nitrogen and oxygen atoms in total. The molecule has 1 N–H and O–H groups in total. The van der Waals surface area contributed by atoms with Crippen molar-refractivity contribution in [3.05, 3.63) is 12.4 Å². The molecule has 0 saturated carbocycles. The molecule has 1 aromatic heterocycles. The van der Waals surface area contributed by atoms with E-state index in [2.05, 4.69) is 31.2 Å². The molecule has 0 bridgehead atoms. The van der Waals surface area contributed by atoms with Gasteiger partial charge >= 0.3 is 0 Å². The van der Waals surface area contributed by atoms with Gasteiger partial charge in [-0.05, 0) is 12.8 Å². The van der Waals surface area contributed by atoms with E-state index in [0.29, 0.717) is 12.0 Å². The van der Waals surface area contributed by atoms with Crippen LogP contribution in [0.3, 0.4) is 0 Å². The standard InChI is InChI=1S/C10H17F2N3/c1-7(2)8(3)14-9-4-13-15(5-9)6-10(11)12/h4-5,7-8,10,14H,6H2,1-3H3. The molecule has 1 rings (SSSR count). The van der Waals surface area contributed by atoms with Gasteiger partial charge in [0.15, 0.2) is 0 Å². The Hall–Kier alpha value is -1.13. The van der Waals surface area contributed by atoms with Crippen LogP contribution in [0.2, 0.25) is 0 Å². The maximum absolute atomic E-state index is 12.0. The third-order valence-corrected chi connectivity index (χ3v) is 2.35. The van der Waals surface area contributed by atoms with Crippen molar-refractivity contribution < 1.29 is 8.78 Å². The van der Waals surface area contributed by atoms with Crippen LogP contribution in [0.5, 0.6) is 0 Å². The molecular formula is C10H17F2N3. The van der Waals surface area contributed by atoms with Gasteiger partial charge in [0.1, 0.15) is 6.54 Å². The largest absolute Gasteiger partial charge is 0.380 e. The summed E-state index contributed by atoms with van der Waals surface area (Å²) in [7, 11) is 0. The van der Waals surface area contributed by atoms with Gasteiger partial charge in [-0.15, -0.1) is 0 Å². The first kappa shape index (κ1) is 11.9. The molecule has 1 heterocycles. The SMILES string of the molecule is CC(C)C(C)Nc1cnn(CC(F)F)c1. The Labute approximate surface area is 88.5 Å². The van der Waals surface area contributed by atoms with Gasteiger partial charge in [0.2, 0.25) is 0 Å². The molecule has 0 aromatic carbocycles. The Bertz CT molecular complexity index is 297. The minimum atomic E-state index is -2.36. The van der Waals surface area contributed by atoms with E-state index in [0.717, 1.165) is 5.69 Å². The van der Waals surface area contributed by atoms with Crippen LogP contribution >= 0.6 is 0 Å². The molecule has 1 atom stereocenters. The van der Waals surface area contributed by atoms with Crippen LogP contribution in [0.25, 0.3) is 0 Å². The van der Waals surface area contributed by atoms with Gasteiger partial charge in [-0.2, -0.15) is 5.10 Å². The van der Waals surface area contributed by atoms with E-state index in [1.807, 2.05) is 0 Å². The normalized spacial score (nSPS) is 13.5. The van der Waals surface area contributed by atoms with Crippen LogP contribution in [-0.4, -0.2) is 22.2 Å². The average Bonchev–Trinajstić information content (AvgIpc) is 2.51. The Morgan fingerprint density at radius 3 is 2.60 bits per heavy atom. The van der Waals surface area contributed by atoms with E-state index in [9.17, 15) is 8.78 Å². The van der Waals surface area contributed by atoms with Crippen LogP contribution < -0.4 is 5.32 Å². The lowest BCUT2D eigenvalue weighted by atomic mass is 10.1. The van der Waals surface area contributed by atoms with E-state index in [1.165, 1.54) is 4.68 Å². The molecule has 0 amide bonds. The van der Waals surface area contributed by atoms with Crippen LogP contribution in [0.1, 0.15) is 20.8 Å². The zero-order valence-corrected chi connectivity index (χ0v) is 9.24. The van der Waals surface area contributed by atoms with Gasteiger partial charge in [-0.3, -0.25) is 4.68 Å². The average molecular weight is 217 g/mol. The first-order chi connectivity index (χ1) is 6.99. The summed E-state index contributed by atoms with van der Waals surface area (Å²) in [5.74, 6) is 0.489. The number of anilines is 1. The van der Waals surface area contributed by atoms with Crippen molar-refractivity contribution in [1.82, 2.24) is 9.78 Å². The van der Waals surface area contributed by atoms with Gasteiger partial charge in [0.05, 0.1) is 11.9 Å². The lowest BCUT2D eigenvalue weighted by Gasteiger charge is -2.16. The summed E-state index contributed by atoms with van der Waals surface area (Å²) in [6.07, 6.45) is 0.812. The maximum atomic E-state index is 12.0. The first-order valence-electron chi connectivity index (χ1n) is 5.06. The van der Waals surface area contributed by atoms with Crippen molar-refractivity contribution in [3.63, 3.8) is 0 Å². The Balaban J connectivity index is 2.53. The van der Waals surface area contributed by atoms with Crippen LogP contribution in [-0.2, 0) is 6.54 Å². The van der Waals surface area contributed by atoms with E-state index in [4.69, 9.17) is 0 Å². The van der Waals surface area contributed by atoms with Crippen molar-refractivity contribution in [1.29, 1.82) is 0 Å². The highest BCUT2D eigenvalue weighted by atomic mass is 19.3. The zero-order chi connectivity index (χ0) is 11.4. The number of rotatable bonds is 5. The summed E-state index contributed by atoms with van der Waals surface area (Å²) in [5, 5.41) is 7.05. The van der Waals surface area contributed by atoms with Crippen LogP contribution in [0.4, 0.5) is 14.5 Å². The molecule has 0 spiro atoms. The van der Waals surface area contributed by atoms with Crippen molar-refractivity contribution in [2.24, 2.45) is 5.92 Å². The Kier molecular flexibility index (Phi) is 4.05. The van der Waals surface area contributed by atoms with Crippen LogP contribution in [0.15, 0.2) is 12.4 Å². The summed E-state index contributed by atoms with van der Waals surface area (Å²) in [6, 6.07) is 0.300. The second kappa shape index (κ2) is 5.09. The first-order valence-corrected chi connectivity index (χ1v) is 5.06. The summed E-state index contributed by atoms with van der Waals surface area (Å²) in [6.45, 7) is 5.90. The number of hydrogen-bond donors (Lipinski definition) is 1. The maximum Gasteiger partial charge on any atom is 0.257 e. The smallest absolute Gasteiger partial charge is 0.257 e. The number of alkyl halides is 2. The molecule has 0 aliphatic rings. The number of halogens is 2. The molecule has 0 fully saturated rings. The fraction of sp³-hybridized carbons (Fsp3) is 0.700. The molecule has 0 saturated heterocycles. The molecule has 1 unspecified atom stereocenters. The van der Waals surface area contributed by atoms with Gasteiger partial charge in [-0.25, -0.2) is 8.78 Å². The van der Waals surface area contributed by atoms with E-state index >= 15 is 0 Å². The molecule has 15 heavy (non-hydrogen) atoms. The summed E-state index contributed by atoms with van der Waals surface area (Å²) in [5.41, 5.74) is 0.789. The second-order valence-corrected chi connectivity index (χ2v) is 4.02. The lowest BCUT2D eigenvalue weighted by Crippen LogP contribution is -2.21. The fourth-order valence-corrected chi connectivity index (χ4v) is 1.11. The van der Waals surface area contributed by atoms with E-state index < -0.39 is 6.43 Å². The molecule has 5 heteroatoms. The van der Waals surface area contributed by atoms with E-state index in [-0.39, 0.29) is 6.54 Å². The minimum Gasteiger partial charge on any atom is -0.380 e. The summed E-state index contributed by atoms with van der Waals surface area (Å²) in [4.78, 5) is 0. The van der Waals surface area contributed by atoms with Crippen molar-refractivity contribution in [2.45, 2.75) is 39.8 Å². The zero-order valence-electron chi connectivity index (χ0n) is 9.24. The van der Waals surface area contributed by atoms with Gasteiger partial charge in [0, 0.05) is 12.2 Å². The molecule has 1 aromatic rings. The quantitative estimate of drug-likeness (QED) is 0.821. The lowest BCUT2D eigenvalue weighted by molar-refractivity contribution is 0.122. The highest BCUT2D eigenvalue weighted by molar-refractivity contribution is 5.39. The van der Waals surface area contributed by atoms with Gasteiger partial charge in [0.25, 0.3) is 6.43 Å². The summed E-state index contributed by atoms with van der Waals surface area (Å²) < 4.78 is 25.3. The molecule has 86 valence electrons. The van der Waals surface area contributed by atoms with Crippen molar-refractivity contribution >= 4 is 5.69 Å². The topological polar surface area (TPSA) is 29.9 Å². The third-order valence-electron chi connectivity index (χ3n) is 2.35. The molecule has 0 aliphatic heterocycles. The Morgan fingerprint density at radius 2 is 2.07 bits per heavy atom. The van der Waals surface area contributed by atoms with Gasteiger partial charge < -0.3 is 5.32 Å². The van der Waals surface area contributed by atoms with Crippen LogP contribution in [0, 0.1) is 5.92 Å². The Morgan fingerprint density at radius 1 is 1.40 bits per heavy atom. The molecule has 0 radical (unpaired) electrons. The second-order valence-electron chi connectivity index (χ2n) is 4.02. The number of aromatic nitrogens is 2. The highest BCUT2D eigenvalue weighted by Gasteiger charge is 2.09. The third kappa shape index (κ3) is 3.85. The fourth-order valence-electron chi connectivity index (χ4n) is 1.11. The number of nitrogens with one attached hydrogen (secondary N) is 1. The predicted molar refractivity (Wildman–Crippen MR) is 56.2 cm³/mol. The number of nitrogens with zero attached hydrogens (tertiary/aromatic N) is 2. The molecule has 0 aliphatic carbocycles. The van der Waals surface area contributed by atoms with E-state index in [1.54, 1.807) is 12.4 Å². The minimum absolute atomic E-state index is 0.300. The monoisotopic (exact) mass is 217 g/mol. The van der Waals surface area contributed by atoms with Crippen molar-refractivity contribution in [2.75, 3.05) is 5.32 Å². The van der Waals surface area contributed by atoms with Gasteiger partial charge in [-0.1, -0.05) is 13.8 Å².